The molecule has 0 unspecified atom stereocenters. The molecule has 0 saturated heterocycles. The summed E-state index contributed by atoms with van der Waals surface area (Å²) in [7, 11) is 4.83. The van der Waals surface area contributed by atoms with Crippen molar-refractivity contribution in [3.63, 3.8) is 0 Å². The van der Waals surface area contributed by atoms with Crippen molar-refractivity contribution in [2.75, 3.05) is 21.3 Å². The molecule has 0 spiro atoms. The van der Waals surface area contributed by atoms with Crippen LogP contribution in [0.2, 0.25) is 5.02 Å². The third kappa shape index (κ3) is 3.57. The standard InChI is InChI=1S/C23H19ClN2O3/c1-27-20-8-5-15(11-18(20)24)14-4-7-19-17(10-14)23(26-13-25-19)16-6-9-21(28-2)22(12-16)29-3/h4-13H,1-3H3. The van der Waals surface area contributed by atoms with Crippen LogP contribution in [-0.4, -0.2) is 31.3 Å². The van der Waals surface area contributed by atoms with Crippen molar-refractivity contribution in [2.24, 2.45) is 0 Å². The topological polar surface area (TPSA) is 53.5 Å². The lowest BCUT2D eigenvalue weighted by Crippen LogP contribution is -1.93. The minimum atomic E-state index is 0.564. The number of nitrogens with zero attached hydrogens (tertiary/aromatic N) is 2. The molecule has 29 heavy (non-hydrogen) atoms. The number of benzene rings is 3. The molecular formula is C23H19ClN2O3. The van der Waals surface area contributed by atoms with E-state index in [1.165, 1.54) is 0 Å². The molecule has 0 aliphatic rings. The predicted octanol–water partition coefficient (Wildman–Crippen LogP) is 5.64. The third-order valence-corrected chi connectivity index (χ3v) is 5.07. The summed E-state index contributed by atoms with van der Waals surface area (Å²) in [6.07, 6.45) is 1.57. The number of hydrogen-bond acceptors (Lipinski definition) is 5. The Balaban J connectivity index is 1.86. The van der Waals surface area contributed by atoms with Gasteiger partial charge >= 0.3 is 0 Å². The van der Waals surface area contributed by atoms with Gasteiger partial charge in [0.05, 0.1) is 37.6 Å². The fourth-order valence-electron chi connectivity index (χ4n) is 3.30. The van der Waals surface area contributed by atoms with E-state index in [0.717, 1.165) is 33.3 Å². The molecule has 1 heterocycles. The average Bonchev–Trinajstić information content (AvgIpc) is 2.77. The lowest BCUT2D eigenvalue weighted by molar-refractivity contribution is 0.355. The van der Waals surface area contributed by atoms with E-state index < -0.39 is 0 Å². The fraction of sp³-hybridized carbons (Fsp3) is 0.130. The summed E-state index contributed by atoms with van der Waals surface area (Å²) in [6, 6.07) is 17.5. The van der Waals surface area contributed by atoms with Crippen molar-refractivity contribution in [3.05, 3.63) is 65.9 Å². The Morgan fingerprint density at radius 3 is 2.03 bits per heavy atom. The highest BCUT2D eigenvalue weighted by Crippen LogP contribution is 2.36. The number of rotatable bonds is 5. The van der Waals surface area contributed by atoms with E-state index in [4.69, 9.17) is 25.8 Å². The van der Waals surface area contributed by atoms with Crippen LogP contribution in [0.3, 0.4) is 0 Å². The van der Waals surface area contributed by atoms with E-state index in [1.807, 2.05) is 48.5 Å². The summed E-state index contributed by atoms with van der Waals surface area (Å²) in [5.74, 6) is 1.96. The highest BCUT2D eigenvalue weighted by atomic mass is 35.5. The zero-order valence-corrected chi connectivity index (χ0v) is 17.0. The zero-order valence-electron chi connectivity index (χ0n) is 16.3. The van der Waals surface area contributed by atoms with Gasteiger partial charge in [-0.1, -0.05) is 23.7 Å². The largest absolute Gasteiger partial charge is 0.495 e. The van der Waals surface area contributed by atoms with Crippen LogP contribution in [0.1, 0.15) is 0 Å². The van der Waals surface area contributed by atoms with Crippen molar-refractivity contribution in [2.45, 2.75) is 0 Å². The molecular weight excluding hydrogens is 388 g/mol. The molecule has 4 rings (SSSR count). The number of methoxy groups -OCH3 is 3. The highest BCUT2D eigenvalue weighted by Gasteiger charge is 2.12. The number of fused-ring (bicyclic) bond motifs is 1. The van der Waals surface area contributed by atoms with Gasteiger partial charge in [-0.2, -0.15) is 0 Å². The normalized spacial score (nSPS) is 10.8. The number of halogens is 1. The van der Waals surface area contributed by atoms with Crippen LogP contribution >= 0.6 is 11.6 Å². The van der Waals surface area contributed by atoms with Crippen molar-refractivity contribution >= 4 is 22.5 Å². The van der Waals surface area contributed by atoms with E-state index in [1.54, 1.807) is 27.7 Å². The first kappa shape index (κ1) is 19.0. The lowest BCUT2D eigenvalue weighted by Gasteiger charge is -2.12. The minimum absolute atomic E-state index is 0.564. The van der Waals surface area contributed by atoms with Crippen LogP contribution in [0.25, 0.3) is 33.3 Å². The van der Waals surface area contributed by atoms with Gasteiger partial charge in [-0.3, -0.25) is 0 Å². The molecule has 3 aromatic carbocycles. The average molecular weight is 407 g/mol. The molecule has 6 heteroatoms. The van der Waals surface area contributed by atoms with Crippen molar-refractivity contribution in [1.29, 1.82) is 0 Å². The van der Waals surface area contributed by atoms with Gasteiger partial charge in [0.1, 0.15) is 12.1 Å². The second-order valence-corrected chi connectivity index (χ2v) is 6.78. The fourth-order valence-corrected chi connectivity index (χ4v) is 3.55. The Labute approximate surface area is 173 Å². The zero-order chi connectivity index (χ0) is 20.4. The number of hydrogen-bond donors (Lipinski definition) is 0. The Kier molecular flexibility index (Phi) is 5.23. The highest BCUT2D eigenvalue weighted by molar-refractivity contribution is 6.32. The van der Waals surface area contributed by atoms with Gasteiger partial charge in [-0.25, -0.2) is 9.97 Å². The predicted molar refractivity (Wildman–Crippen MR) is 115 cm³/mol. The molecule has 4 aromatic rings. The first-order chi connectivity index (χ1) is 14.1. The first-order valence-electron chi connectivity index (χ1n) is 8.95. The molecule has 0 bridgehead atoms. The summed E-state index contributed by atoms with van der Waals surface area (Å²) in [5.41, 5.74) is 4.59. The van der Waals surface area contributed by atoms with Crippen LogP contribution in [0.5, 0.6) is 17.2 Å². The van der Waals surface area contributed by atoms with Crippen molar-refractivity contribution < 1.29 is 14.2 Å². The quantitative estimate of drug-likeness (QED) is 0.429. The van der Waals surface area contributed by atoms with E-state index in [-0.39, 0.29) is 0 Å². The lowest BCUT2D eigenvalue weighted by atomic mass is 10.00. The molecule has 0 N–H and O–H groups in total. The Bertz CT molecular complexity index is 1190. The van der Waals surface area contributed by atoms with Gasteiger partial charge < -0.3 is 14.2 Å². The first-order valence-corrected chi connectivity index (χ1v) is 9.33. The molecule has 0 radical (unpaired) electrons. The maximum absolute atomic E-state index is 6.31. The summed E-state index contributed by atoms with van der Waals surface area (Å²) in [6.45, 7) is 0. The van der Waals surface area contributed by atoms with E-state index >= 15 is 0 Å². The molecule has 0 atom stereocenters. The van der Waals surface area contributed by atoms with Crippen molar-refractivity contribution in [1.82, 2.24) is 9.97 Å². The van der Waals surface area contributed by atoms with Gasteiger partial charge in [0.15, 0.2) is 11.5 Å². The van der Waals surface area contributed by atoms with Crippen LogP contribution < -0.4 is 14.2 Å². The summed E-state index contributed by atoms with van der Waals surface area (Å²) in [5, 5.41) is 1.50. The summed E-state index contributed by atoms with van der Waals surface area (Å²) >= 11 is 6.31. The van der Waals surface area contributed by atoms with E-state index in [2.05, 4.69) is 16.0 Å². The van der Waals surface area contributed by atoms with Gasteiger partial charge in [-0.05, 0) is 53.6 Å². The number of aromatic nitrogens is 2. The van der Waals surface area contributed by atoms with Gasteiger partial charge in [0.25, 0.3) is 0 Å². The third-order valence-electron chi connectivity index (χ3n) is 4.78. The van der Waals surface area contributed by atoms with Crippen LogP contribution in [-0.2, 0) is 0 Å². The summed E-state index contributed by atoms with van der Waals surface area (Å²) < 4.78 is 16.0. The second kappa shape index (κ2) is 7.97. The van der Waals surface area contributed by atoms with Crippen molar-refractivity contribution in [3.8, 4) is 39.6 Å². The summed E-state index contributed by atoms with van der Waals surface area (Å²) in [4.78, 5) is 8.94. The molecule has 0 amide bonds. The SMILES string of the molecule is COc1ccc(-c2ccc3ncnc(-c4ccc(OC)c(OC)c4)c3c2)cc1Cl. The Morgan fingerprint density at radius 1 is 0.655 bits per heavy atom. The van der Waals surface area contributed by atoms with Crippen LogP contribution in [0.15, 0.2) is 60.9 Å². The van der Waals surface area contributed by atoms with Gasteiger partial charge in [0.2, 0.25) is 0 Å². The number of ether oxygens (including phenoxy) is 3. The molecule has 0 aliphatic carbocycles. The van der Waals surface area contributed by atoms with E-state index in [0.29, 0.717) is 22.3 Å². The molecule has 0 saturated carbocycles. The maximum Gasteiger partial charge on any atom is 0.161 e. The van der Waals surface area contributed by atoms with E-state index in [9.17, 15) is 0 Å². The molecule has 0 fully saturated rings. The van der Waals surface area contributed by atoms with Gasteiger partial charge in [-0.15, -0.1) is 0 Å². The molecule has 0 aliphatic heterocycles. The monoisotopic (exact) mass is 406 g/mol. The smallest absolute Gasteiger partial charge is 0.161 e. The second-order valence-electron chi connectivity index (χ2n) is 6.37. The molecule has 5 nitrogen and oxygen atoms in total. The van der Waals surface area contributed by atoms with Crippen LogP contribution in [0, 0.1) is 0 Å². The Morgan fingerprint density at radius 2 is 1.31 bits per heavy atom. The van der Waals surface area contributed by atoms with Crippen LogP contribution in [0.4, 0.5) is 0 Å². The maximum atomic E-state index is 6.31. The van der Waals surface area contributed by atoms with Gasteiger partial charge in [0, 0.05) is 10.9 Å². The Hall–Kier alpha value is -3.31. The minimum Gasteiger partial charge on any atom is -0.495 e. The molecule has 146 valence electrons. The molecule has 1 aromatic heterocycles.